The number of hydrogen-bond donors (Lipinski definition) is 1. The van der Waals surface area contributed by atoms with Gasteiger partial charge in [-0.2, -0.15) is 0 Å². The van der Waals surface area contributed by atoms with Gasteiger partial charge in [0.1, 0.15) is 5.69 Å². The molecular weight excluding hydrogens is 355 g/mol. The zero-order valence-corrected chi connectivity index (χ0v) is 16.8. The maximum Gasteiger partial charge on any atom is 0.102 e. The van der Waals surface area contributed by atoms with E-state index < -0.39 is 0 Å². The number of hydrogen-bond acceptors (Lipinski definition) is 3. The summed E-state index contributed by atoms with van der Waals surface area (Å²) >= 11 is 12.6. The zero-order valence-electron chi connectivity index (χ0n) is 15.3. The van der Waals surface area contributed by atoms with Gasteiger partial charge in [-0.05, 0) is 42.3 Å². The number of halogens is 2. The average Bonchev–Trinajstić information content (AvgIpc) is 2.52. The van der Waals surface area contributed by atoms with E-state index in [1.165, 1.54) is 16.8 Å². The molecule has 0 aliphatic rings. The Labute approximate surface area is 160 Å². The fraction of sp³-hybridized carbons (Fsp3) is 0.316. The molecule has 0 amide bonds. The number of aliphatic imine (C=N–C) groups is 1. The number of rotatable bonds is 6. The fourth-order valence-electron chi connectivity index (χ4n) is 2.32. The van der Waals surface area contributed by atoms with Crippen molar-refractivity contribution in [2.75, 3.05) is 38.4 Å². The molecule has 134 valence electrons. The highest BCUT2D eigenvalue weighted by atomic mass is 35.5. The lowest BCUT2D eigenvalue weighted by Gasteiger charge is -2.16. The molecule has 0 bridgehead atoms. The molecule has 0 saturated heterocycles. The van der Waals surface area contributed by atoms with Crippen LogP contribution < -0.4 is 10.2 Å². The van der Waals surface area contributed by atoms with Gasteiger partial charge in [-0.15, -0.1) is 0 Å². The summed E-state index contributed by atoms with van der Waals surface area (Å²) in [7, 11) is 7.87. The van der Waals surface area contributed by atoms with E-state index in [0.717, 1.165) is 5.69 Å². The predicted molar refractivity (Wildman–Crippen MR) is 111 cm³/mol. The molecule has 0 heterocycles. The van der Waals surface area contributed by atoms with Crippen LogP contribution in [0, 0.1) is 6.92 Å². The SMILES string of the molecule is Cc1cc(N(C)C)ccc1CNc1cc(Cl)c(/N=C\N(C)C)c(Cl)c1. The van der Waals surface area contributed by atoms with Crippen LogP contribution in [0.15, 0.2) is 35.3 Å². The quantitative estimate of drug-likeness (QED) is 0.553. The molecule has 2 rings (SSSR count). The van der Waals surface area contributed by atoms with Crippen LogP contribution in [-0.4, -0.2) is 39.4 Å². The highest BCUT2D eigenvalue weighted by molar-refractivity contribution is 6.39. The second-order valence-electron chi connectivity index (χ2n) is 6.36. The number of anilines is 2. The largest absolute Gasteiger partial charge is 0.381 e. The summed E-state index contributed by atoms with van der Waals surface area (Å²) in [5.41, 5.74) is 5.11. The molecule has 0 radical (unpaired) electrons. The first-order valence-corrected chi connectivity index (χ1v) is 8.74. The minimum atomic E-state index is 0.521. The molecule has 2 aromatic carbocycles. The normalized spacial score (nSPS) is 11.0. The van der Waals surface area contributed by atoms with E-state index in [4.69, 9.17) is 23.2 Å². The summed E-state index contributed by atoms with van der Waals surface area (Å²) in [6.07, 6.45) is 1.68. The maximum absolute atomic E-state index is 6.32. The van der Waals surface area contributed by atoms with E-state index in [2.05, 4.69) is 40.3 Å². The Hall–Kier alpha value is -1.91. The molecular formula is C19H24Cl2N4. The molecule has 0 fully saturated rings. The third-order valence-corrected chi connectivity index (χ3v) is 4.34. The van der Waals surface area contributed by atoms with Gasteiger partial charge >= 0.3 is 0 Å². The Kier molecular flexibility index (Phi) is 6.57. The highest BCUT2D eigenvalue weighted by Gasteiger charge is 2.08. The van der Waals surface area contributed by atoms with Crippen molar-refractivity contribution in [1.29, 1.82) is 0 Å². The van der Waals surface area contributed by atoms with Crippen LogP contribution in [0.5, 0.6) is 0 Å². The van der Waals surface area contributed by atoms with Gasteiger partial charge in [0, 0.05) is 46.1 Å². The second-order valence-corrected chi connectivity index (χ2v) is 7.17. The lowest BCUT2D eigenvalue weighted by Crippen LogP contribution is -2.09. The van der Waals surface area contributed by atoms with Crippen molar-refractivity contribution >= 4 is 46.6 Å². The molecule has 6 heteroatoms. The molecule has 0 aromatic heterocycles. The average molecular weight is 379 g/mol. The third-order valence-electron chi connectivity index (χ3n) is 3.76. The number of benzene rings is 2. The molecule has 2 aromatic rings. The molecule has 4 nitrogen and oxygen atoms in total. The van der Waals surface area contributed by atoms with E-state index in [1.807, 2.05) is 45.2 Å². The number of aryl methyl sites for hydroxylation is 1. The summed E-state index contributed by atoms with van der Waals surface area (Å²) in [5, 5.41) is 4.42. The summed E-state index contributed by atoms with van der Waals surface area (Å²) in [6.45, 7) is 2.82. The van der Waals surface area contributed by atoms with Crippen LogP contribution in [0.4, 0.5) is 17.1 Å². The van der Waals surface area contributed by atoms with Crippen LogP contribution in [0.2, 0.25) is 10.0 Å². The van der Waals surface area contributed by atoms with Crippen molar-refractivity contribution in [3.8, 4) is 0 Å². The first-order valence-electron chi connectivity index (χ1n) is 7.98. The van der Waals surface area contributed by atoms with Crippen molar-refractivity contribution in [1.82, 2.24) is 4.90 Å². The summed E-state index contributed by atoms with van der Waals surface area (Å²) in [6, 6.07) is 10.1. The maximum atomic E-state index is 6.32. The Morgan fingerprint density at radius 1 is 1.04 bits per heavy atom. The molecule has 0 atom stereocenters. The van der Waals surface area contributed by atoms with Crippen LogP contribution in [0.1, 0.15) is 11.1 Å². The minimum Gasteiger partial charge on any atom is -0.381 e. The molecule has 1 N–H and O–H groups in total. The number of nitrogens with one attached hydrogen (secondary N) is 1. The predicted octanol–water partition coefficient (Wildman–Crippen LogP) is 5.20. The van der Waals surface area contributed by atoms with E-state index in [9.17, 15) is 0 Å². The Morgan fingerprint density at radius 2 is 1.68 bits per heavy atom. The third kappa shape index (κ3) is 5.28. The summed E-state index contributed by atoms with van der Waals surface area (Å²) in [4.78, 5) is 8.24. The van der Waals surface area contributed by atoms with Crippen molar-refractivity contribution in [3.05, 3.63) is 51.5 Å². The van der Waals surface area contributed by atoms with Crippen molar-refractivity contribution < 1.29 is 0 Å². The lowest BCUT2D eigenvalue weighted by atomic mass is 10.1. The van der Waals surface area contributed by atoms with Gasteiger partial charge in [-0.1, -0.05) is 29.3 Å². The summed E-state index contributed by atoms with van der Waals surface area (Å²) < 4.78 is 0. The van der Waals surface area contributed by atoms with Gasteiger partial charge in [0.05, 0.1) is 16.4 Å². The number of nitrogens with zero attached hydrogens (tertiary/aromatic N) is 3. The van der Waals surface area contributed by atoms with Gasteiger partial charge in [-0.25, -0.2) is 4.99 Å². The minimum absolute atomic E-state index is 0.521. The van der Waals surface area contributed by atoms with Crippen molar-refractivity contribution in [2.24, 2.45) is 4.99 Å². The van der Waals surface area contributed by atoms with E-state index in [0.29, 0.717) is 22.3 Å². The summed E-state index contributed by atoms with van der Waals surface area (Å²) in [5.74, 6) is 0. The van der Waals surface area contributed by atoms with Gasteiger partial charge in [0.15, 0.2) is 0 Å². The second kappa shape index (κ2) is 8.45. The van der Waals surface area contributed by atoms with Crippen LogP contribution in [-0.2, 0) is 6.54 Å². The van der Waals surface area contributed by atoms with Gasteiger partial charge in [-0.3, -0.25) is 0 Å². The monoisotopic (exact) mass is 378 g/mol. The molecule has 0 unspecified atom stereocenters. The van der Waals surface area contributed by atoms with E-state index in [-0.39, 0.29) is 0 Å². The standard InChI is InChI=1S/C19H24Cl2N4/c1-13-8-16(25(4)5)7-6-14(13)11-22-15-9-17(20)19(18(21)10-15)23-12-24(2)3/h6-10,12,22H,11H2,1-5H3/b23-12-. The smallest absolute Gasteiger partial charge is 0.102 e. The van der Waals surface area contributed by atoms with Crippen molar-refractivity contribution in [3.63, 3.8) is 0 Å². The first-order chi connectivity index (χ1) is 11.8. The molecule has 0 spiro atoms. The van der Waals surface area contributed by atoms with Crippen LogP contribution >= 0.6 is 23.2 Å². The van der Waals surface area contributed by atoms with Gasteiger partial charge in [0.25, 0.3) is 0 Å². The van der Waals surface area contributed by atoms with Gasteiger partial charge in [0.2, 0.25) is 0 Å². The molecule has 0 aliphatic carbocycles. The van der Waals surface area contributed by atoms with E-state index in [1.54, 1.807) is 6.34 Å². The first kappa shape index (κ1) is 19.4. The van der Waals surface area contributed by atoms with Crippen molar-refractivity contribution in [2.45, 2.75) is 13.5 Å². The van der Waals surface area contributed by atoms with Crippen LogP contribution in [0.3, 0.4) is 0 Å². The highest BCUT2D eigenvalue weighted by Crippen LogP contribution is 2.36. The van der Waals surface area contributed by atoms with Gasteiger partial charge < -0.3 is 15.1 Å². The lowest BCUT2D eigenvalue weighted by molar-refractivity contribution is 0.643. The topological polar surface area (TPSA) is 30.9 Å². The Balaban J connectivity index is 2.14. The molecule has 25 heavy (non-hydrogen) atoms. The Morgan fingerprint density at radius 3 is 2.20 bits per heavy atom. The molecule has 0 aliphatic heterocycles. The fourth-order valence-corrected chi connectivity index (χ4v) is 2.90. The van der Waals surface area contributed by atoms with E-state index >= 15 is 0 Å². The molecule has 0 saturated carbocycles. The Bertz CT molecular complexity index is 747. The van der Waals surface area contributed by atoms with Crippen LogP contribution in [0.25, 0.3) is 0 Å². The zero-order chi connectivity index (χ0) is 18.6.